The Labute approximate surface area is 275 Å². The van der Waals surface area contributed by atoms with Gasteiger partial charge in [0.1, 0.15) is 11.6 Å². The van der Waals surface area contributed by atoms with Crippen LogP contribution in [0.1, 0.15) is 111 Å². The van der Waals surface area contributed by atoms with Gasteiger partial charge in [-0.3, -0.25) is 68.4 Å². The first-order valence-corrected chi connectivity index (χ1v) is 16.4. The van der Waals surface area contributed by atoms with Crippen LogP contribution in [0.15, 0.2) is 0 Å². The van der Waals surface area contributed by atoms with Crippen LogP contribution in [0.5, 0.6) is 0 Å². The molecule has 8 amide bonds. The minimum Gasteiger partial charge on any atom is -0.300 e. The van der Waals surface area contributed by atoms with Crippen molar-refractivity contribution in [3.05, 3.63) is 0 Å². The molecule has 0 saturated carbocycles. The topological polar surface area (TPSA) is 201 Å². The van der Waals surface area contributed by atoms with E-state index in [-0.39, 0.29) is 118 Å². The molecule has 2 aliphatic heterocycles. The molecular formula is C33H48N4O10. The predicted molar refractivity (Wildman–Crippen MR) is 166 cm³/mol. The van der Waals surface area contributed by atoms with Crippen molar-refractivity contribution in [2.45, 2.75) is 111 Å². The number of ketones is 2. The molecule has 2 aliphatic rings. The Morgan fingerprint density at radius 1 is 0.617 bits per heavy atom. The third-order valence-electron chi connectivity index (χ3n) is 8.51. The zero-order valence-electron chi connectivity index (χ0n) is 27.9. The summed E-state index contributed by atoms with van der Waals surface area (Å²) in [7, 11) is 0. The van der Waals surface area contributed by atoms with Crippen molar-refractivity contribution in [3.63, 3.8) is 0 Å². The second kappa shape index (κ2) is 18.9. The molecule has 2 fully saturated rings. The van der Waals surface area contributed by atoms with Crippen molar-refractivity contribution in [3.8, 4) is 0 Å². The molecule has 0 aromatic carbocycles. The van der Waals surface area contributed by atoms with Gasteiger partial charge in [0.25, 0.3) is 0 Å². The third kappa shape index (κ3) is 12.9. The molecule has 4 unspecified atom stereocenters. The molecule has 2 saturated heterocycles. The minimum absolute atomic E-state index is 0.00485. The molecule has 0 aliphatic carbocycles. The molecule has 14 nitrogen and oxygen atoms in total. The number of nitrogens with one attached hydrogen (secondary N) is 2. The highest BCUT2D eigenvalue weighted by Gasteiger charge is 2.36. The average molecular weight is 661 g/mol. The average Bonchev–Trinajstić information content (AvgIpc) is 3.36. The van der Waals surface area contributed by atoms with E-state index < -0.39 is 35.5 Å². The van der Waals surface area contributed by atoms with Gasteiger partial charge in [-0.25, -0.2) is 0 Å². The number of unbranched alkanes of at least 4 members (excludes halogenated alkanes) is 2. The molecule has 14 heteroatoms. The zero-order chi connectivity index (χ0) is 35.3. The number of nitrogens with zero attached hydrogens (tertiary/aromatic N) is 2. The highest BCUT2D eigenvalue weighted by atomic mass is 16.2. The molecule has 2 heterocycles. The summed E-state index contributed by atoms with van der Waals surface area (Å²) in [5, 5.41) is 4.42. The van der Waals surface area contributed by atoms with Crippen LogP contribution in [0.4, 0.5) is 0 Å². The molecule has 0 spiro atoms. The number of imide groups is 4. The summed E-state index contributed by atoms with van der Waals surface area (Å²) in [5.74, 6) is -6.02. The van der Waals surface area contributed by atoms with E-state index in [0.717, 1.165) is 0 Å². The smallest absolute Gasteiger partial charge is 0.232 e. The van der Waals surface area contributed by atoms with Crippen molar-refractivity contribution >= 4 is 58.8 Å². The lowest BCUT2D eigenvalue weighted by molar-refractivity contribution is -0.140. The normalized spacial score (nSPS) is 19.1. The largest absolute Gasteiger partial charge is 0.300 e. The number of amides is 8. The van der Waals surface area contributed by atoms with Gasteiger partial charge >= 0.3 is 0 Å². The maximum Gasteiger partial charge on any atom is 0.232 e. The third-order valence-corrected chi connectivity index (χ3v) is 8.51. The summed E-state index contributed by atoms with van der Waals surface area (Å²) >= 11 is 0. The lowest BCUT2D eigenvalue weighted by atomic mass is 9.91. The maximum atomic E-state index is 12.8. The molecule has 2 rings (SSSR count). The molecule has 2 N–H and O–H groups in total. The SMILES string of the molecule is CC(=O)NC(=O)C(CCCCN1C(=O)CC(C)C1=O)CC(=O)CCCC(=O)CC(CCCCN1C(=O)CC(C)C1=O)C(=O)NC(C)=O. The van der Waals surface area contributed by atoms with E-state index in [2.05, 4.69) is 10.6 Å². The summed E-state index contributed by atoms with van der Waals surface area (Å²) in [6.45, 7) is 6.21. The van der Waals surface area contributed by atoms with Crippen LogP contribution in [0.2, 0.25) is 0 Å². The first-order valence-electron chi connectivity index (χ1n) is 16.4. The van der Waals surface area contributed by atoms with Crippen LogP contribution in [0.3, 0.4) is 0 Å². The fourth-order valence-electron chi connectivity index (χ4n) is 5.93. The standard InChI is InChI=1S/C33H48N4O10/c1-20-16-28(42)36(32(20)46)14-7-5-10-24(30(44)34-22(3)38)18-26(40)12-9-13-27(41)19-25(31(45)35-23(4)39)11-6-8-15-37-29(43)17-21(2)33(37)47/h20-21,24-25H,5-19H2,1-4H3,(H,34,38,44)(H,35,39,45). The summed E-state index contributed by atoms with van der Waals surface area (Å²) in [5.41, 5.74) is 0. The molecule has 4 atom stereocenters. The van der Waals surface area contributed by atoms with Crippen LogP contribution < -0.4 is 10.6 Å². The number of hydrogen-bond donors (Lipinski definition) is 2. The van der Waals surface area contributed by atoms with Gasteiger partial charge in [0.2, 0.25) is 47.3 Å². The van der Waals surface area contributed by atoms with E-state index in [0.29, 0.717) is 25.7 Å². The summed E-state index contributed by atoms with van der Waals surface area (Å²) in [4.78, 5) is 124. The molecular weight excluding hydrogens is 612 g/mol. The molecule has 260 valence electrons. The number of rotatable bonds is 20. The van der Waals surface area contributed by atoms with Crippen LogP contribution in [-0.4, -0.2) is 81.7 Å². The predicted octanol–water partition coefficient (Wildman–Crippen LogP) is 1.76. The second-order valence-electron chi connectivity index (χ2n) is 12.8. The Morgan fingerprint density at radius 3 is 1.28 bits per heavy atom. The van der Waals surface area contributed by atoms with Crippen LogP contribution in [0.25, 0.3) is 0 Å². The number of Topliss-reactive ketones (excluding diaryl/α,β-unsaturated/α-hetero) is 2. The lowest BCUT2D eigenvalue weighted by Crippen LogP contribution is -2.35. The van der Waals surface area contributed by atoms with Crippen molar-refractivity contribution in [2.75, 3.05) is 13.1 Å². The van der Waals surface area contributed by atoms with E-state index in [1.165, 1.54) is 23.6 Å². The summed E-state index contributed by atoms with van der Waals surface area (Å²) in [6.07, 6.45) is 2.58. The van der Waals surface area contributed by atoms with E-state index in [4.69, 9.17) is 0 Å². The van der Waals surface area contributed by atoms with Gasteiger partial charge in [0.15, 0.2) is 0 Å². The fourth-order valence-corrected chi connectivity index (χ4v) is 5.93. The Hall–Kier alpha value is -4.10. The Kier molecular flexibility index (Phi) is 15.7. The molecule has 0 bridgehead atoms. The van der Waals surface area contributed by atoms with Crippen molar-refractivity contribution in [1.82, 2.24) is 20.4 Å². The number of likely N-dealkylation sites (tertiary alicyclic amines) is 2. The Bertz CT molecular complexity index is 1170. The van der Waals surface area contributed by atoms with Crippen LogP contribution in [0, 0.1) is 23.7 Å². The quantitative estimate of drug-likeness (QED) is 0.143. The van der Waals surface area contributed by atoms with Gasteiger partial charge in [-0.15, -0.1) is 0 Å². The van der Waals surface area contributed by atoms with Crippen molar-refractivity contribution in [2.24, 2.45) is 23.7 Å². The maximum absolute atomic E-state index is 12.8. The number of carbonyl (C=O) groups excluding carboxylic acids is 10. The minimum atomic E-state index is -0.792. The molecule has 0 aromatic heterocycles. The van der Waals surface area contributed by atoms with E-state index >= 15 is 0 Å². The van der Waals surface area contributed by atoms with Gasteiger partial charge < -0.3 is 0 Å². The second-order valence-corrected chi connectivity index (χ2v) is 12.8. The lowest BCUT2D eigenvalue weighted by Gasteiger charge is -2.18. The van der Waals surface area contributed by atoms with Crippen LogP contribution in [-0.2, 0) is 47.9 Å². The monoisotopic (exact) mass is 660 g/mol. The van der Waals surface area contributed by atoms with Crippen molar-refractivity contribution < 1.29 is 47.9 Å². The van der Waals surface area contributed by atoms with E-state index in [9.17, 15) is 47.9 Å². The van der Waals surface area contributed by atoms with Crippen LogP contribution >= 0.6 is 0 Å². The first kappa shape index (κ1) is 39.1. The number of carbonyl (C=O) groups is 10. The molecule has 0 radical (unpaired) electrons. The van der Waals surface area contributed by atoms with Gasteiger partial charge in [-0.05, 0) is 32.1 Å². The van der Waals surface area contributed by atoms with E-state index in [1.54, 1.807) is 13.8 Å². The van der Waals surface area contributed by atoms with Gasteiger partial charge in [0, 0.05) is 89.1 Å². The highest BCUT2D eigenvalue weighted by Crippen LogP contribution is 2.23. The summed E-state index contributed by atoms with van der Waals surface area (Å²) in [6, 6.07) is 0. The molecule has 0 aromatic rings. The van der Waals surface area contributed by atoms with E-state index in [1.807, 2.05) is 0 Å². The van der Waals surface area contributed by atoms with Crippen molar-refractivity contribution in [1.29, 1.82) is 0 Å². The van der Waals surface area contributed by atoms with Gasteiger partial charge in [-0.1, -0.05) is 26.7 Å². The van der Waals surface area contributed by atoms with Gasteiger partial charge in [0.05, 0.1) is 0 Å². The first-order chi connectivity index (χ1) is 22.1. The Morgan fingerprint density at radius 2 is 0.979 bits per heavy atom. The highest BCUT2D eigenvalue weighted by molar-refractivity contribution is 6.04. The van der Waals surface area contributed by atoms with Gasteiger partial charge in [-0.2, -0.15) is 0 Å². The zero-order valence-corrected chi connectivity index (χ0v) is 27.9. The Balaban J connectivity index is 1.82. The fraction of sp³-hybridized carbons (Fsp3) is 0.697. The molecule has 47 heavy (non-hydrogen) atoms. The number of hydrogen-bond acceptors (Lipinski definition) is 10. The summed E-state index contributed by atoms with van der Waals surface area (Å²) < 4.78 is 0.